The van der Waals surface area contributed by atoms with Gasteiger partial charge in [-0.2, -0.15) is 5.10 Å². The average molecular weight is 336 g/mol. The Bertz CT molecular complexity index is 907. The zero-order valence-electron chi connectivity index (χ0n) is 13.6. The van der Waals surface area contributed by atoms with Gasteiger partial charge < -0.3 is 4.90 Å². The summed E-state index contributed by atoms with van der Waals surface area (Å²) in [6, 6.07) is 12.1. The molecule has 0 aliphatic carbocycles. The number of nitrogens with one attached hydrogen (secondary N) is 1. The number of H-pyrrole nitrogens is 1. The number of aromatic amines is 1. The van der Waals surface area contributed by atoms with Crippen LogP contribution in [0.5, 0.6) is 0 Å². The van der Waals surface area contributed by atoms with Crippen LogP contribution in [0.1, 0.15) is 17.0 Å². The minimum Gasteiger partial charge on any atom is -0.337 e. The largest absolute Gasteiger partial charge is 0.337 e. The maximum absolute atomic E-state index is 14.1. The maximum Gasteiger partial charge on any atom is 0.228 e. The van der Waals surface area contributed by atoms with Gasteiger partial charge in [0, 0.05) is 48.2 Å². The fourth-order valence-corrected chi connectivity index (χ4v) is 3.15. The van der Waals surface area contributed by atoms with Crippen molar-refractivity contribution in [2.45, 2.75) is 19.4 Å². The third kappa shape index (κ3) is 3.03. The van der Waals surface area contributed by atoms with E-state index in [-0.39, 0.29) is 18.1 Å². The lowest BCUT2D eigenvalue weighted by Crippen LogP contribution is -2.37. The molecule has 25 heavy (non-hydrogen) atoms. The third-order valence-corrected chi connectivity index (χ3v) is 4.47. The number of fused-ring (bicyclic) bond motifs is 1. The van der Waals surface area contributed by atoms with Crippen LogP contribution in [-0.4, -0.2) is 32.5 Å². The van der Waals surface area contributed by atoms with Crippen molar-refractivity contribution in [3.8, 4) is 11.3 Å². The van der Waals surface area contributed by atoms with Gasteiger partial charge >= 0.3 is 0 Å². The van der Waals surface area contributed by atoms with Crippen molar-refractivity contribution in [3.63, 3.8) is 0 Å². The van der Waals surface area contributed by atoms with Crippen molar-refractivity contribution in [1.29, 1.82) is 0 Å². The van der Waals surface area contributed by atoms with E-state index in [4.69, 9.17) is 0 Å². The molecule has 1 aliphatic rings. The number of hydrogen-bond donors (Lipinski definition) is 1. The highest BCUT2D eigenvalue weighted by Crippen LogP contribution is 2.30. The standard InChI is InChI=1S/C19H17FN4O/c20-16-7-2-1-6-14(16)19-15-12-24(10-8-17(15)22-23-19)18(25)11-13-5-3-4-9-21-13/h1-7,9H,8,10-12H2,(H,22,23). The quantitative estimate of drug-likeness (QED) is 0.800. The molecule has 6 heteroatoms. The minimum atomic E-state index is -0.311. The van der Waals surface area contributed by atoms with E-state index in [9.17, 15) is 9.18 Å². The molecule has 1 aromatic carbocycles. The number of carbonyl (C=O) groups is 1. The highest BCUT2D eigenvalue weighted by Gasteiger charge is 2.26. The second kappa shape index (κ2) is 6.47. The van der Waals surface area contributed by atoms with Gasteiger partial charge in [0.05, 0.1) is 6.42 Å². The van der Waals surface area contributed by atoms with Crippen molar-refractivity contribution in [2.75, 3.05) is 6.54 Å². The molecule has 0 atom stereocenters. The average Bonchev–Trinajstić information content (AvgIpc) is 3.06. The Hall–Kier alpha value is -3.02. The second-order valence-electron chi connectivity index (χ2n) is 6.07. The molecule has 0 radical (unpaired) electrons. The summed E-state index contributed by atoms with van der Waals surface area (Å²) in [5.74, 6) is -0.293. The fourth-order valence-electron chi connectivity index (χ4n) is 3.15. The summed E-state index contributed by atoms with van der Waals surface area (Å²) in [6.45, 7) is 1.05. The Kier molecular flexibility index (Phi) is 4.01. The van der Waals surface area contributed by atoms with Crippen LogP contribution in [0, 0.1) is 5.82 Å². The van der Waals surface area contributed by atoms with Gasteiger partial charge in [0.1, 0.15) is 11.5 Å². The first-order valence-corrected chi connectivity index (χ1v) is 8.21. The monoisotopic (exact) mass is 336 g/mol. The van der Waals surface area contributed by atoms with E-state index in [1.165, 1.54) is 6.07 Å². The number of carbonyl (C=O) groups excluding carboxylic acids is 1. The lowest BCUT2D eigenvalue weighted by atomic mass is 10.0. The van der Waals surface area contributed by atoms with Gasteiger partial charge in [0.15, 0.2) is 0 Å². The van der Waals surface area contributed by atoms with Crippen LogP contribution >= 0.6 is 0 Å². The van der Waals surface area contributed by atoms with Crippen molar-refractivity contribution in [2.24, 2.45) is 0 Å². The van der Waals surface area contributed by atoms with Crippen LogP contribution in [0.15, 0.2) is 48.7 Å². The van der Waals surface area contributed by atoms with E-state index in [1.807, 2.05) is 18.2 Å². The molecule has 126 valence electrons. The van der Waals surface area contributed by atoms with E-state index in [2.05, 4.69) is 15.2 Å². The molecule has 3 aromatic rings. The van der Waals surface area contributed by atoms with E-state index < -0.39 is 0 Å². The van der Waals surface area contributed by atoms with Crippen LogP contribution in [-0.2, 0) is 24.2 Å². The van der Waals surface area contributed by atoms with Crippen molar-refractivity contribution in [1.82, 2.24) is 20.1 Å². The number of amides is 1. The molecular weight excluding hydrogens is 319 g/mol. The molecule has 5 nitrogen and oxygen atoms in total. The first-order valence-electron chi connectivity index (χ1n) is 8.21. The Balaban J connectivity index is 1.58. The highest BCUT2D eigenvalue weighted by molar-refractivity contribution is 5.79. The minimum absolute atomic E-state index is 0.0185. The first kappa shape index (κ1) is 15.5. The van der Waals surface area contributed by atoms with Gasteiger partial charge in [0.25, 0.3) is 0 Å². The molecule has 0 saturated heterocycles. The lowest BCUT2D eigenvalue weighted by molar-refractivity contribution is -0.131. The number of pyridine rings is 1. The Morgan fingerprint density at radius 2 is 2.04 bits per heavy atom. The predicted octanol–water partition coefficient (Wildman–Crippen LogP) is 2.74. The molecule has 0 saturated carbocycles. The van der Waals surface area contributed by atoms with Gasteiger partial charge in [-0.25, -0.2) is 4.39 Å². The summed E-state index contributed by atoms with van der Waals surface area (Å²) in [7, 11) is 0. The van der Waals surface area contributed by atoms with Crippen molar-refractivity contribution >= 4 is 5.91 Å². The summed E-state index contributed by atoms with van der Waals surface area (Å²) < 4.78 is 14.1. The van der Waals surface area contributed by atoms with Crippen molar-refractivity contribution in [3.05, 3.63) is 71.4 Å². The number of hydrogen-bond acceptors (Lipinski definition) is 3. The molecule has 0 unspecified atom stereocenters. The molecule has 1 N–H and O–H groups in total. The van der Waals surface area contributed by atoms with Crippen molar-refractivity contribution < 1.29 is 9.18 Å². The maximum atomic E-state index is 14.1. The van der Waals surface area contributed by atoms with Gasteiger partial charge in [-0.05, 0) is 24.3 Å². The Morgan fingerprint density at radius 1 is 1.20 bits per heavy atom. The zero-order chi connectivity index (χ0) is 17.2. The third-order valence-electron chi connectivity index (χ3n) is 4.47. The lowest BCUT2D eigenvalue weighted by Gasteiger charge is -2.27. The van der Waals surface area contributed by atoms with E-state index in [0.717, 1.165) is 17.0 Å². The summed E-state index contributed by atoms with van der Waals surface area (Å²) in [5.41, 5.74) is 3.66. The fraction of sp³-hybridized carbons (Fsp3) is 0.211. The van der Waals surface area contributed by atoms with Gasteiger partial charge in [0.2, 0.25) is 5.91 Å². The molecule has 4 rings (SSSR count). The summed E-state index contributed by atoms with van der Waals surface area (Å²) >= 11 is 0. The molecule has 2 aromatic heterocycles. The second-order valence-corrected chi connectivity index (χ2v) is 6.07. The highest BCUT2D eigenvalue weighted by atomic mass is 19.1. The Morgan fingerprint density at radius 3 is 2.84 bits per heavy atom. The number of nitrogens with zero attached hydrogens (tertiary/aromatic N) is 3. The van der Waals surface area contributed by atoms with E-state index in [1.54, 1.807) is 29.3 Å². The van der Waals surface area contributed by atoms with Crippen LogP contribution in [0.25, 0.3) is 11.3 Å². The SMILES string of the molecule is O=C(Cc1ccccn1)N1CCc2[nH]nc(-c3ccccc3F)c2C1. The van der Waals surface area contributed by atoms with Gasteiger partial charge in [-0.3, -0.25) is 14.9 Å². The number of halogens is 1. The smallest absolute Gasteiger partial charge is 0.228 e. The topological polar surface area (TPSA) is 61.9 Å². The summed E-state index contributed by atoms with van der Waals surface area (Å²) in [5, 5.41) is 7.29. The molecular formula is C19H17FN4O. The molecule has 0 fully saturated rings. The van der Waals surface area contributed by atoms with Crippen LogP contribution in [0.3, 0.4) is 0 Å². The van der Waals surface area contributed by atoms with E-state index in [0.29, 0.717) is 30.8 Å². The Labute approximate surface area is 144 Å². The number of rotatable bonds is 3. The first-order chi connectivity index (χ1) is 12.2. The van der Waals surface area contributed by atoms with Crippen LogP contribution < -0.4 is 0 Å². The normalized spacial score (nSPS) is 13.6. The van der Waals surface area contributed by atoms with Crippen LogP contribution in [0.4, 0.5) is 4.39 Å². The summed E-state index contributed by atoms with van der Waals surface area (Å²) in [6.07, 6.45) is 2.64. The molecule has 0 spiro atoms. The predicted molar refractivity (Wildman–Crippen MR) is 91.0 cm³/mol. The van der Waals surface area contributed by atoms with Gasteiger partial charge in [-0.1, -0.05) is 18.2 Å². The van der Waals surface area contributed by atoms with E-state index >= 15 is 0 Å². The number of aromatic nitrogens is 3. The van der Waals surface area contributed by atoms with Gasteiger partial charge in [-0.15, -0.1) is 0 Å². The summed E-state index contributed by atoms with van der Waals surface area (Å²) in [4.78, 5) is 18.6. The molecule has 0 bridgehead atoms. The van der Waals surface area contributed by atoms with Crippen LogP contribution in [0.2, 0.25) is 0 Å². The zero-order valence-corrected chi connectivity index (χ0v) is 13.6. The molecule has 1 aliphatic heterocycles. The number of benzene rings is 1. The molecule has 3 heterocycles. The molecule has 1 amide bonds.